The van der Waals surface area contributed by atoms with Crippen molar-refractivity contribution in [1.29, 1.82) is 0 Å². The molecule has 0 spiro atoms. The van der Waals surface area contributed by atoms with Gasteiger partial charge in [0.1, 0.15) is 0 Å². The summed E-state index contributed by atoms with van der Waals surface area (Å²) < 4.78 is 59.3. The van der Waals surface area contributed by atoms with Crippen molar-refractivity contribution < 1.29 is 31.2 Å². The summed E-state index contributed by atoms with van der Waals surface area (Å²) in [5, 5.41) is 0. The van der Waals surface area contributed by atoms with Gasteiger partial charge in [-0.25, -0.2) is 8.42 Å². The van der Waals surface area contributed by atoms with Crippen molar-refractivity contribution in [3.63, 3.8) is 0 Å². The number of alkyl halides is 3. The van der Waals surface area contributed by atoms with Gasteiger partial charge in [0.15, 0.2) is 9.84 Å². The maximum absolute atomic E-state index is 12.2. The molecule has 138 valence electrons. The van der Waals surface area contributed by atoms with Crippen LogP contribution in [-0.2, 0) is 14.6 Å². The maximum atomic E-state index is 12.2. The Balaban J connectivity index is 1.80. The molecule has 0 radical (unpaired) electrons. The molecule has 1 aromatic carbocycles. The summed E-state index contributed by atoms with van der Waals surface area (Å²) in [5.41, 5.74) is -0.0186. The van der Waals surface area contributed by atoms with Gasteiger partial charge in [0.25, 0.3) is 5.91 Å². The molecule has 0 aromatic heterocycles. The van der Waals surface area contributed by atoms with E-state index in [1.807, 2.05) is 0 Å². The van der Waals surface area contributed by atoms with E-state index in [1.165, 1.54) is 12.1 Å². The molecule has 1 aliphatic rings. The highest BCUT2D eigenvalue weighted by atomic mass is 32.2. The van der Waals surface area contributed by atoms with E-state index in [0.29, 0.717) is 6.42 Å². The standard InChI is InChI=1S/C14H15F3N2O4S2/c15-14(16,17)24-11-3-1-10(2-4-11)13(21)19-18-12(20)7-9-5-6-25(22,23)8-9/h1-4,9H,5-8H2,(H,18,20)(H,19,21)/t9-/m1/s1. The minimum Gasteiger partial charge on any atom is -0.273 e. The van der Waals surface area contributed by atoms with Crippen LogP contribution < -0.4 is 10.9 Å². The van der Waals surface area contributed by atoms with Crippen LogP contribution in [-0.4, -0.2) is 37.2 Å². The number of hydrogen-bond acceptors (Lipinski definition) is 5. The van der Waals surface area contributed by atoms with Crippen LogP contribution in [0.2, 0.25) is 0 Å². The predicted molar refractivity (Wildman–Crippen MR) is 85.3 cm³/mol. The summed E-state index contributed by atoms with van der Waals surface area (Å²) in [7, 11) is -3.08. The number of nitrogens with one attached hydrogen (secondary N) is 2. The predicted octanol–water partition coefficient (Wildman–Crippen LogP) is 1.88. The third kappa shape index (κ3) is 6.58. The fourth-order valence-corrected chi connectivity index (χ4v) is 4.75. The first-order valence-electron chi connectivity index (χ1n) is 7.19. The lowest BCUT2D eigenvalue weighted by Crippen LogP contribution is -2.42. The van der Waals surface area contributed by atoms with Crippen LogP contribution in [0.25, 0.3) is 0 Å². The molecule has 2 amide bonds. The van der Waals surface area contributed by atoms with E-state index < -0.39 is 27.2 Å². The third-order valence-corrected chi connectivity index (χ3v) is 6.04. The molecule has 25 heavy (non-hydrogen) atoms. The molecule has 0 bridgehead atoms. The van der Waals surface area contributed by atoms with Crippen molar-refractivity contribution in [3.05, 3.63) is 29.8 Å². The van der Waals surface area contributed by atoms with Gasteiger partial charge in [-0.1, -0.05) is 0 Å². The number of carbonyl (C=O) groups excluding carboxylic acids is 2. The molecule has 1 saturated heterocycles. The zero-order chi connectivity index (χ0) is 18.7. The molecule has 0 aliphatic carbocycles. The molecule has 2 N–H and O–H groups in total. The molecule has 1 atom stereocenters. The second-order valence-electron chi connectivity index (χ2n) is 5.55. The second kappa shape index (κ2) is 7.65. The van der Waals surface area contributed by atoms with E-state index in [1.54, 1.807) is 0 Å². The first-order chi connectivity index (χ1) is 11.5. The highest BCUT2D eigenvalue weighted by Crippen LogP contribution is 2.36. The molecular weight excluding hydrogens is 381 g/mol. The van der Waals surface area contributed by atoms with Gasteiger partial charge >= 0.3 is 5.51 Å². The lowest BCUT2D eigenvalue weighted by Gasteiger charge is -2.10. The summed E-state index contributed by atoms with van der Waals surface area (Å²) in [6.45, 7) is 0. The molecular formula is C14H15F3N2O4S2. The molecule has 1 heterocycles. The van der Waals surface area contributed by atoms with Gasteiger partial charge in [-0.15, -0.1) is 0 Å². The number of halogens is 3. The van der Waals surface area contributed by atoms with Gasteiger partial charge in [0.2, 0.25) is 5.91 Å². The Labute approximate surface area is 146 Å². The fourth-order valence-electron chi connectivity index (χ4n) is 2.35. The van der Waals surface area contributed by atoms with Gasteiger partial charge in [-0.05, 0) is 48.4 Å². The van der Waals surface area contributed by atoms with Crippen LogP contribution in [0.1, 0.15) is 23.2 Å². The SMILES string of the molecule is O=C(C[C@H]1CCS(=O)(=O)C1)NNC(=O)c1ccc(SC(F)(F)F)cc1. The molecule has 2 rings (SSSR count). The van der Waals surface area contributed by atoms with Crippen LogP contribution in [0, 0.1) is 5.92 Å². The van der Waals surface area contributed by atoms with Crippen LogP contribution in [0.4, 0.5) is 13.2 Å². The topological polar surface area (TPSA) is 92.3 Å². The molecule has 0 saturated carbocycles. The Kier molecular flexibility index (Phi) is 5.99. The Bertz CT molecular complexity index is 748. The lowest BCUT2D eigenvalue weighted by atomic mass is 10.1. The van der Waals surface area contributed by atoms with E-state index in [-0.39, 0.29) is 46.1 Å². The summed E-state index contributed by atoms with van der Waals surface area (Å²) in [6.07, 6.45) is 0.378. The second-order valence-corrected chi connectivity index (χ2v) is 8.91. The van der Waals surface area contributed by atoms with Gasteiger partial charge in [0, 0.05) is 16.9 Å². The van der Waals surface area contributed by atoms with E-state index in [2.05, 4.69) is 10.9 Å². The van der Waals surface area contributed by atoms with Crippen molar-refractivity contribution in [3.8, 4) is 0 Å². The zero-order valence-corrected chi connectivity index (χ0v) is 14.4. The van der Waals surface area contributed by atoms with E-state index in [0.717, 1.165) is 12.1 Å². The summed E-state index contributed by atoms with van der Waals surface area (Å²) in [6, 6.07) is 4.72. The highest BCUT2D eigenvalue weighted by molar-refractivity contribution is 8.00. The third-order valence-electron chi connectivity index (χ3n) is 3.47. The monoisotopic (exact) mass is 396 g/mol. The quantitative estimate of drug-likeness (QED) is 0.599. The van der Waals surface area contributed by atoms with Crippen LogP contribution >= 0.6 is 11.8 Å². The molecule has 1 fully saturated rings. The van der Waals surface area contributed by atoms with Crippen molar-refractivity contribution in [2.45, 2.75) is 23.2 Å². The van der Waals surface area contributed by atoms with Crippen molar-refractivity contribution in [1.82, 2.24) is 10.9 Å². The highest BCUT2D eigenvalue weighted by Gasteiger charge is 2.30. The average Bonchev–Trinajstić information content (AvgIpc) is 2.82. The largest absolute Gasteiger partial charge is 0.446 e. The van der Waals surface area contributed by atoms with Crippen molar-refractivity contribution in [2.75, 3.05) is 11.5 Å². The average molecular weight is 396 g/mol. The van der Waals surface area contributed by atoms with Gasteiger partial charge in [-0.2, -0.15) is 13.2 Å². The van der Waals surface area contributed by atoms with Crippen LogP contribution in [0.15, 0.2) is 29.2 Å². The number of amides is 2. The van der Waals surface area contributed by atoms with Crippen LogP contribution in [0.5, 0.6) is 0 Å². The Morgan fingerprint density at radius 3 is 2.32 bits per heavy atom. The normalized spacial score (nSPS) is 19.4. The number of hydrogen-bond donors (Lipinski definition) is 2. The van der Waals surface area contributed by atoms with Crippen molar-refractivity contribution >= 4 is 33.4 Å². The molecule has 0 unspecified atom stereocenters. The first-order valence-corrected chi connectivity index (χ1v) is 9.83. The number of thioether (sulfide) groups is 1. The van der Waals surface area contributed by atoms with Gasteiger partial charge in [-0.3, -0.25) is 20.4 Å². The maximum Gasteiger partial charge on any atom is 0.446 e. The summed E-state index contributed by atoms with van der Waals surface area (Å²) in [5.74, 6) is -1.48. The summed E-state index contributed by atoms with van der Waals surface area (Å²) >= 11 is -0.294. The molecule has 6 nitrogen and oxygen atoms in total. The fraction of sp³-hybridized carbons (Fsp3) is 0.429. The summed E-state index contributed by atoms with van der Waals surface area (Å²) in [4.78, 5) is 23.5. The minimum absolute atomic E-state index is 0.0271. The Morgan fingerprint density at radius 1 is 1.16 bits per heavy atom. The van der Waals surface area contributed by atoms with Crippen molar-refractivity contribution in [2.24, 2.45) is 5.92 Å². The van der Waals surface area contributed by atoms with Gasteiger partial charge in [0.05, 0.1) is 11.5 Å². The van der Waals surface area contributed by atoms with E-state index in [9.17, 15) is 31.2 Å². The molecule has 11 heteroatoms. The number of hydrazine groups is 1. The lowest BCUT2D eigenvalue weighted by molar-refractivity contribution is -0.122. The zero-order valence-electron chi connectivity index (χ0n) is 12.8. The first kappa shape index (κ1) is 19.6. The number of rotatable bonds is 4. The Morgan fingerprint density at radius 2 is 1.80 bits per heavy atom. The van der Waals surface area contributed by atoms with Crippen LogP contribution in [0.3, 0.4) is 0 Å². The number of sulfone groups is 1. The van der Waals surface area contributed by atoms with Gasteiger partial charge < -0.3 is 0 Å². The smallest absolute Gasteiger partial charge is 0.273 e. The molecule has 1 aliphatic heterocycles. The van der Waals surface area contributed by atoms with E-state index in [4.69, 9.17) is 0 Å². The molecule has 1 aromatic rings. The minimum atomic E-state index is -4.41. The Hall–Kier alpha value is -1.75. The number of carbonyl (C=O) groups is 2. The number of benzene rings is 1. The van der Waals surface area contributed by atoms with E-state index >= 15 is 0 Å².